The maximum Gasteiger partial charge on any atom is 0.0903 e. The van der Waals surface area contributed by atoms with Crippen LogP contribution in [-0.2, 0) is 18.4 Å². The zero-order valence-corrected chi connectivity index (χ0v) is 11.2. The Morgan fingerprint density at radius 3 is 2.88 bits per heavy atom. The fraction of sp³-hybridized carbons (Fsp3) is 0.750. The Bertz CT molecular complexity index is 391. The lowest BCUT2D eigenvalue weighted by Crippen LogP contribution is -2.32. The van der Waals surface area contributed by atoms with Crippen LogP contribution in [0.3, 0.4) is 0 Å². The van der Waals surface area contributed by atoms with E-state index in [4.69, 9.17) is 22.1 Å². The average molecular weight is 258 g/mol. The molecule has 1 fully saturated rings. The Labute approximate surface area is 107 Å². The summed E-state index contributed by atoms with van der Waals surface area (Å²) in [5.74, 6) is 0. The molecule has 1 saturated carbocycles. The third kappa shape index (κ3) is 3.00. The first kappa shape index (κ1) is 12.9. The summed E-state index contributed by atoms with van der Waals surface area (Å²) >= 11 is 6.17. The largest absolute Gasteiger partial charge is 0.372 e. The zero-order chi connectivity index (χ0) is 12.4. The van der Waals surface area contributed by atoms with E-state index in [9.17, 15) is 0 Å². The Hall–Kier alpha value is -0.580. The van der Waals surface area contributed by atoms with Crippen molar-refractivity contribution in [2.45, 2.75) is 51.4 Å². The van der Waals surface area contributed by atoms with Crippen molar-refractivity contribution in [3.8, 4) is 0 Å². The lowest BCUT2D eigenvalue weighted by molar-refractivity contribution is 0.00943. The molecule has 0 amide bonds. The van der Waals surface area contributed by atoms with Crippen LogP contribution in [0.1, 0.15) is 37.1 Å². The summed E-state index contributed by atoms with van der Waals surface area (Å²) in [6, 6.07) is 0.289. The average Bonchev–Trinajstić information content (AvgIpc) is 2.51. The van der Waals surface area contributed by atoms with Gasteiger partial charge < -0.3 is 10.5 Å². The van der Waals surface area contributed by atoms with Gasteiger partial charge in [0, 0.05) is 13.1 Å². The van der Waals surface area contributed by atoms with Gasteiger partial charge in [0.05, 0.1) is 29.1 Å². The quantitative estimate of drug-likeness (QED) is 0.903. The standard InChI is InChI=1S/C12H20ClN3O/c1-8-12(13)11(16(2)15-8)7-17-10-5-3-4-9(14)6-10/h9-10H,3-7,14H2,1-2H3. The molecule has 1 aliphatic carbocycles. The molecule has 2 N–H and O–H groups in total. The maximum absolute atomic E-state index is 6.17. The molecule has 0 spiro atoms. The highest BCUT2D eigenvalue weighted by molar-refractivity contribution is 6.31. The van der Waals surface area contributed by atoms with Crippen LogP contribution in [-0.4, -0.2) is 21.9 Å². The van der Waals surface area contributed by atoms with Gasteiger partial charge in [-0.1, -0.05) is 11.6 Å². The number of nitrogens with zero attached hydrogens (tertiary/aromatic N) is 2. The smallest absolute Gasteiger partial charge is 0.0903 e. The predicted octanol–water partition coefficient (Wildman–Crippen LogP) is 2.17. The van der Waals surface area contributed by atoms with Crippen molar-refractivity contribution in [3.63, 3.8) is 0 Å². The van der Waals surface area contributed by atoms with Crippen molar-refractivity contribution in [2.75, 3.05) is 0 Å². The number of aromatic nitrogens is 2. The molecule has 2 unspecified atom stereocenters. The molecule has 1 aromatic heterocycles. The summed E-state index contributed by atoms with van der Waals surface area (Å²) in [7, 11) is 1.89. The summed E-state index contributed by atoms with van der Waals surface area (Å²) in [5, 5.41) is 4.98. The summed E-state index contributed by atoms with van der Waals surface area (Å²) in [4.78, 5) is 0. The summed E-state index contributed by atoms with van der Waals surface area (Å²) in [6.07, 6.45) is 4.59. The minimum Gasteiger partial charge on any atom is -0.372 e. The minimum absolute atomic E-state index is 0.269. The molecule has 0 saturated heterocycles. The van der Waals surface area contributed by atoms with Gasteiger partial charge in [-0.2, -0.15) is 5.10 Å². The monoisotopic (exact) mass is 257 g/mol. The molecule has 0 aromatic carbocycles. The van der Waals surface area contributed by atoms with Gasteiger partial charge in [0.1, 0.15) is 0 Å². The third-order valence-electron chi connectivity index (χ3n) is 3.38. The van der Waals surface area contributed by atoms with Crippen LogP contribution in [0.2, 0.25) is 5.02 Å². The number of ether oxygens (including phenoxy) is 1. The molecule has 0 bridgehead atoms. The van der Waals surface area contributed by atoms with Crippen LogP contribution >= 0.6 is 11.6 Å². The van der Waals surface area contributed by atoms with Crippen molar-refractivity contribution >= 4 is 11.6 Å². The van der Waals surface area contributed by atoms with Crippen molar-refractivity contribution < 1.29 is 4.74 Å². The topological polar surface area (TPSA) is 53.1 Å². The van der Waals surface area contributed by atoms with Gasteiger partial charge in [-0.3, -0.25) is 4.68 Å². The highest BCUT2D eigenvalue weighted by atomic mass is 35.5. The molecule has 2 atom stereocenters. The van der Waals surface area contributed by atoms with E-state index >= 15 is 0 Å². The summed E-state index contributed by atoms with van der Waals surface area (Å²) in [6.45, 7) is 2.43. The second kappa shape index (κ2) is 5.38. The number of aryl methyl sites for hydroxylation is 2. The highest BCUT2D eigenvalue weighted by Gasteiger charge is 2.21. The van der Waals surface area contributed by atoms with E-state index in [2.05, 4.69) is 5.10 Å². The molecule has 0 radical (unpaired) electrons. The van der Waals surface area contributed by atoms with Gasteiger partial charge in [-0.25, -0.2) is 0 Å². The van der Waals surface area contributed by atoms with Crippen molar-refractivity contribution in [2.24, 2.45) is 12.8 Å². The first-order valence-electron chi connectivity index (χ1n) is 6.13. The highest BCUT2D eigenvalue weighted by Crippen LogP contribution is 2.24. The fourth-order valence-corrected chi connectivity index (χ4v) is 2.58. The molecular formula is C12H20ClN3O. The molecule has 4 nitrogen and oxygen atoms in total. The Balaban J connectivity index is 1.93. The maximum atomic E-state index is 6.17. The van der Waals surface area contributed by atoms with Crippen LogP contribution in [0.25, 0.3) is 0 Å². The molecule has 1 aromatic rings. The number of hydrogen-bond donors (Lipinski definition) is 1. The van der Waals surface area contributed by atoms with E-state index in [0.717, 1.165) is 37.1 Å². The van der Waals surface area contributed by atoms with Crippen LogP contribution in [0.5, 0.6) is 0 Å². The fourth-order valence-electron chi connectivity index (χ4n) is 2.37. The number of hydrogen-bond acceptors (Lipinski definition) is 3. The van der Waals surface area contributed by atoms with Crippen LogP contribution < -0.4 is 5.73 Å². The van der Waals surface area contributed by atoms with Gasteiger partial charge in [-0.05, 0) is 32.6 Å². The van der Waals surface area contributed by atoms with E-state index < -0.39 is 0 Å². The third-order valence-corrected chi connectivity index (χ3v) is 3.88. The van der Waals surface area contributed by atoms with Crippen LogP contribution in [0, 0.1) is 6.92 Å². The van der Waals surface area contributed by atoms with Crippen molar-refractivity contribution in [1.82, 2.24) is 9.78 Å². The van der Waals surface area contributed by atoms with E-state index in [1.165, 1.54) is 0 Å². The molecule has 0 aliphatic heterocycles. The Morgan fingerprint density at radius 2 is 2.29 bits per heavy atom. The van der Waals surface area contributed by atoms with Gasteiger partial charge in [0.2, 0.25) is 0 Å². The first-order chi connectivity index (χ1) is 8.08. The second-order valence-corrected chi connectivity index (χ2v) is 5.21. The molecule has 1 heterocycles. The SMILES string of the molecule is Cc1nn(C)c(COC2CCCC(N)C2)c1Cl. The van der Waals surface area contributed by atoms with Crippen molar-refractivity contribution in [1.29, 1.82) is 0 Å². The number of halogens is 1. The van der Waals surface area contributed by atoms with Gasteiger partial charge in [0.25, 0.3) is 0 Å². The van der Waals surface area contributed by atoms with E-state index in [1.807, 2.05) is 14.0 Å². The van der Waals surface area contributed by atoms with E-state index in [-0.39, 0.29) is 12.1 Å². The zero-order valence-electron chi connectivity index (χ0n) is 10.4. The predicted molar refractivity (Wildman–Crippen MR) is 68.0 cm³/mol. The number of rotatable bonds is 3. The summed E-state index contributed by atoms with van der Waals surface area (Å²) < 4.78 is 7.68. The van der Waals surface area contributed by atoms with Crippen LogP contribution in [0.15, 0.2) is 0 Å². The minimum atomic E-state index is 0.269. The van der Waals surface area contributed by atoms with Gasteiger partial charge >= 0.3 is 0 Å². The molecule has 96 valence electrons. The first-order valence-corrected chi connectivity index (χ1v) is 6.51. The summed E-state index contributed by atoms with van der Waals surface area (Å²) in [5.41, 5.74) is 7.74. The molecule has 5 heteroatoms. The molecule has 2 rings (SSSR count). The Kier molecular flexibility index (Phi) is 4.07. The van der Waals surface area contributed by atoms with Gasteiger partial charge in [-0.15, -0.1) is 0 Å². The second-order valence-electron chi connectivity index (χ2n) is 4.83. The molecule has 17 heavy (non-hydrogen) atoms. The normalized spacial score (nSPS) is 25.2. The van der Waals surface area contributed by atoms with Crippen molar-refractivity contribution in [3.05, 3.63) is 16.4 Å². The molecule has 1 aliphatic rings. The van der Waals surface area contributed by atoms with Crippen LogP contribution in [0.4, 0.5) is 0 Å². The number of nitrogens with two attached hydrogens (primary N) is 1. The Morgan fingerprint density at radius 1 is 1.53 bits per heavy atom. The lowest BCUT2D eigenvalue weighted by atomic mass is 9.94. The van der Waals surface area contributed by atoms with Gasteiger partial charge in [0.15, 0.2) is 0 Å². The van der Waals surface area contributed by atoms with E-state index in [0.29, 0.717) is 11.6 Å². The van der Waals surface area contributed by atoms with E-state index in [1.54, 1.807) is 4.68 Å². The lowest BCUT2D eigenvalue weighted by Gasteiger charge is -2.26. The molecular weight excluding hydrogens is 238 g/mol.